The molecule has 0 unspecified atom stereocenters. The van der Waals surface area contributed by atoms with Crippen LogP contribution in [0.25, 0.3) is 0 Å². The quantitative estimate of drug-likeness (QED) is 0.751. The molecule has 1 rings (SSSR count). The van der Waals surface area contributed by atoms with Crippen LogP contribution in [0.15, 0.2) is 23.0 Å². The fourth-order valence-electron chi connectivity index (χ4n) is 1.26. The van der Waals surface area contributed by atoms with Crippen molar-refractivity contribution in [3.05, 3.63) is 24.2 Å². The molecule has 1 heterocycles. The third-order valence-corrected chi connectivity index (χ3v) is 2.21. The van der Waals surface area contributed by atoms with Gasteiger partial charge in [-0.05, 0) is 19.9 Å². The van der Waals surface area contributed by atoms with Crippen LogP contribution in [-0.2, 0) is 16.1 Å². The molecule has 0 radical (unpaired) electrons. The highest BCUT2D eigenvalue weighted by Crippen LogP contribution is 2.15. The van der Waals surface area contributed by atoms with E-state index in [2.05, 4.69) is 5.32 Å². The molecule has 0 bridgehead atoms. The van der Waals surface area contributed by atoms with Crippen molar-refractivity contribution >= 4 is 5.97 Å². The van der Waals surface area contributed by atoms with Gasteiger partial charge in [0.1, 0.15) is 0 Å². The first-order chi connectivity index (χ1) is 7.06. The summed E-state index contributed by atoms with van der Waals surface area (Å²) in [5.41, 5.74) is 0.564. The smallest absolute Gasteiger partial charge is 0.312 e. The molecule has 0 aromatic carbocycles. The van der Waals surface area contributed by atoms with E-state index < -0.39 is 5.41 Å². The Bertz CT molecular complexity index is 304. The van der Waals surface area contributed by atoms with Gasteiger partial charge in [-0.15, -0.1) is 0 Å². The Morgan fingerprint density at radius 2 is 2.33 bits per heavy atom. The molecule has 0 fully saturated rings. The summed E-state index contributed by atoms with van der Waals surface area (Å²) in [5.74, 6) is -0.206. The highest BCUT2D eigenvalue weighted by Gasteiger charge is 2.27. The second-order valence-corrected chi connectivity index (χ2v) is 4.11. The largest absolute Gasteiger partial charge is 0.472 e. The van der Waals surface area contributed by atoms with E-state index in [4.69, 9.17) is 9.15 Å². The highest BCUT2D eigenvalue weighted by atomic mass is 16.5. The number of esters is 1. The van der Waals surface area contributed by atoms with Gasteiger partial charge in [-0.2, -0.15) is 0 Å². The molecule has 0 spiro atoms. The van der Waals surface area contributed by atoms with E-state index in [1.54, 1.807) is 12.5 Å². The van der Waals surface area contributed by atoms with Gasteiger partial charge in [0.05, 0.1) is 25.1 Å². The van der Waals surface area contributed by atoms with Crippen LogP contribution in [0, 0.1) is 5.41 Å². The van der Waals surface area contributed by atoms with E-state index in [0.29, 0.717) is 13.1 Å². The lowest BCUT2D eigenvalue weighted by Gasteiger charge is -2.21. The van der Waals surface area contributed by atoms with Crippen molar-refractivity contribution in [2.45, 2.75) is 20.4 Å². The molecule has 1 aromatic rings. The predicted molar refractivity (Wildman–Crippen MR) is 56.2 cm³/mol. The molecular formula is C11H17NO3. The normalized spacial score (nSPS) is 11.4. The van der Waals surface area contributed by atoms with Gasteiger partial charge in [0.15, 0.2) is 0 Å². The zero-order valence-electron chi connectivity index (χ0n) is 9.37. The van der Waals surface area contributed by atoms with Gasteiger partial charge in [0.25, 0.3) is 0 Å². The van der Waals surface area contributed by atoms with Crippen LogP contribution < -0.4 is 5.32 Å². The number of carbonyl (C=O) groups is 1. The molecule has 4 nitrogen and oxygen atoms in total. The first-order valence-corrected chi connectivity index (χ1v) is 4.86. The zero-order chi connectivity index (χ0) is 11.3. The molecule has 0 aliphatic carbocycles. The van der Waals surface area contributed by atoms with Crippen LogP contribution in [-0.4, -0.2) is 19.6 Å². The summed E-state index contributed by atoms with van der Waals surface area (Å²) >= 11 is 0. The minimum absolute atomic E-state index is 0.206. The maximum absolute atomic E-state index is 11.3. The van der Waals surface area contributed by atoms with E-state index in [-0.39, 0.29) is 5.97 Å². The molecule has 0 atom stereocenters. The van der Waals surface area contributed by atoms with Crippen molar-refractivity contribution in [2.24, 2.45) is 5.41 Å². The zero-order valence-corrected chi connectivity index (χ0v) is 9.37. The lowest BCUT2D eigenvalue weighted by molar-refractivity contribution is -0.150. The van der Waals surface area contributed by atoms with E-state index in [9.17, 15) is 4.79 Å². The van der Waals surface area contributed by atoms with Crippen molar-refractivity contribution in [3.8, 4) is 0 Å². The van der Waals surface area contributed by atoms with E-state index >= 15 is 0 Å². The van der Waals surface area contributed by atoms with Gasteiger partial charge in [0.2, 0.25) is 0 Å². The maximum atomic E-state index is 11.3. The first-order valence-electron chi connectivity index (χ1n) is 4.86. The second kappa shape index (κ2) is 4.98. The van der Waals surface area contributed by atoms with Gasteiger partial charge in [-0.3, -0.25) is 4.79 Å². The van der Waals surface area contributed by atoms with Crippen LogP contribution in [0.1, 0.15) is 19.4 Å². The van der Waals surface area contributed by atoms with E-state index in [1.807, 2.05) is 19.9 Å². The van der Waals surface area contributed by atoms with Gasteiger partial charge in [-0.1, -0.05) is 0 Å². The minimum atomic E-state index is -0.502. The molecule has 0 saturated carbocycles. The fourth-order valence-corrected chi connectivity index (χ4v) is 1.26. The molecule has 15 heavy (non-hydrogen) atoms. The van der Waals surface area contributed by atoms with Crippen molar-refractivity contribution in [1.29, 1.82) is 0 Å². The van der Waals surface area contributed by atoms with Crippen LogP contribution in [0.5, 0.6) is 0 Å². The third kappa shape index (κ3) is 3.40. The highest BCUT2D eigenvalue weighted by molar-refractivity contribution is 5.76. The van der Waals surface area contributed by atoms with Crippen molar-refractivity contribution < 1.29 is 13.9 Å². The molecule has 0 aliphatic rings. The summed E-state index contributed by atoms with van der Waals surface area (Å²) in [7, 11) is 1.40. The van der Waals surface area contributed by atoms with Crippen molar-refractivity contribution in [3.63, 3.8) is 0 Å². The summed E-state index contributed by atoms with van der Waals surface area (Å²) in [6, 6.07) is 1.89. The Kier molecular flexibility index (Phi) is 3.91. The summed E-state index contributed by atoms with van der Waals surface area (Å²) in [6.07, 6.45) is 3.31. The molecule has 4 heteroatoms. The van der Waals surface area contributed by atoms with Crippen LogP contribution >= 0.6 is 0 Å². The van der Waals surface area contributed by atoms with Gasteiger partial charge in [-0.25, -0.2) is 0 Å². The standard InChI is InChI=1S/C11H17NO3/c1-11(2,10(13)14-3)8-12-6-9-4-5-15-7-9/h4-5,7,12H,6,8H2,1-3H3. The predicted octanol–water partition coefficient (Wildman–Crippen LogP) is 1.57. The fraction of sp³-hybridized carbons (Fsp3) is 0.545. The number of hydrogen-bond donors (Lipinski definition) is 1. The van der Waals surface area contributed by atoms with Crippen molar-refractivity contribution in [1.82, 2.24) is 5.32 Å². The summed E-state index contributed by atoms with van der Waals surface area (Å²) in [4.78, 5) is 11.3. The molecule has 0 saturated heterocycles. The van der Waals surface area contributed by atoms with Crippen molar-refractivity contribution in [2.75, 3.05) is 13.7 Å². The summed E-state index contributed by atoms with van der Waals surface area (Å²) in [5, 5.41) is 3.18. The minimum Gasteiger partial charge on any atom is -0.472 e. The number of nitrogens with one attached hydrogen (secondary N) is 1. The number of furan rings is 1. The first kappa shape index (κ1) is 11.8. The average molecular weight is 211 g/mol. The molecule has 1 N–H and O–H groups in total. The number of rotatable bonds is 5. The Morgan fingerprint density at radius 3 is 2.87 bits per heavy atom. The lowest BCUT2D eigenvalue weighted by atomic mass is 9.94. The number of carbonyl (C=O) groups excluding carboxylic acids is 1. The number of ether oxygens (including phenoxy) is 1. The molecule has 0 aliphatic heterocycles. The van der Waals surface area contributed by atoms with Gasteiger partial charge < -0.3 is 14.5 Å². The maximum Gasteiger partial charge on any atom is 0.312 e. The summed E-state index contributed by atoms with van der Waals surface area (Å²) < 4.78 is 9.64. The topological polar surface area (TPSA) is 51.5 Å². The van der Waals surface area contributed by atoms with Crippen LogP contribution in [0.3, 0.4) is 0 Å². The third-order valence-electron chi connectivity index (χ3n) is 2.21. The molecule has 84 valence electrons. The Morgan fingerprint density at radius 1 is 1.60 bits per heavy atom. The Hall–Kier alpha value is -1.29. The van der Waals surface area contributed by atoms with Gasteiger partial charge >= 0.3 is 5.97 Å². The van der Waals surface area contributed by atoms with E-state index in [1.165, 1.54) is 7.11 Å². The molecule has 0 amide bonds. The van der Waals surface area contributed by atoms with Crippen LogP contribution in [0.4, 0.5) is 0 Å². The number of hydrogen-bond acceptors (Lipinski definition) is 4. The van der Waals surface area contributed by atoms with Crippen LogP contribution in [0.2, 0.25) is 0 Å². The number of methoxy groups -OCH3 is 1. The summed E-state index contributed by atoms with van der Waals surface area (Å²) in [6.45, 7) is 4.96. The monoisotopic (exact) mass is 211 g/mol. The lowest BCUT2D eigenvalue weighted by Crippen LogP contribution is -2.36. The Balaban J connectivity index is 2.33. The average Bonchev–Trinajstić information content (AvgIpc) is 2.69. The molecular weight excluding hydrogens is 194 g/mol. The molecule has 1 aromatic heterocycles. The van der Waals surface area contributed by atoms with E-state index in [0.717, 1.165) is 5.56 Å². The second-order valence-electron chi connectivity index (χ2n) is 4.11. The Labute approximate surface area is 89.6 Å². The SMILES string of the molecule is COC(=O)C(C)(C)CNCc1ccoc1. The van der Waals surface area contributed by atoms with Gasteiger partial charge in [0, 0.05) is 18.7 Å².